The minimum Gasteiger partial charge on any atom is -0.0654 e. The van der Waals surface area contributed by atoms with E-state index in [0.717, 1.165) is 17.8 Å². The molecule has 0 heterocycles. The first-order chi connectivity index (χ1) is 7.15. The second-order valence-electron chi connectivity index (χ2n) is 5.38. The maximum Gasteiger partial charge on any atom is -0.0391 e. The van der Waals surface area contributed by atoms with Crippen molar-refractivity contribution in [2.24, 2.45) is 17.8 Å². The van der Waals surface area contributed by atoms with Crippen LogP contribution in [-0.4, -0.2) is 0 Å². The summed E-state index contributed by atoms with van der Waals surface area (Å²) in [6, 6.07) is 0. The third kappa shape index (κ3) is 6.98. The zero-order valence-corrected chi connectivity index (χ0v) is 11.7. The fourth-order valence-corrected chi connectivity index (χ4v) is 2.42. The number of hydrogen-bond donors (Lipinski definition) is 0. The molecule has 0 N–H and O–H groups in total. The molecule has 0 aliphatic heterocycles. The zero-order chi connectivity index (χ0) is 11.7. The summed E-state index contributed by atoms with van der Waals surface area (Å²) in [6.45, 7) is 11.8. The Hall–Kier alpha value is 0. The standard InChI is InChI=1S/C15H32/c1-6-9-10-13(4)11-12-15(8-3)14(5)7-2/h13-15H,6-12H2,1-5H3. The first-order valence-corrected chi connectivity index (χ1v) is 7.15. The maximum atomic E-state index is 2.43. The Labute approximate surface area is 97.8 Å². The number of hydrogen-bond acceptors (Lipinski definition) is 0. The van der Waals surface area contributed by atoms with E-state index in [9.17, 15) is 0 Å². The van der Waals surface area contributed by atoms with Gasteiger partial charge in [-0.3, -0.25) is 0 Å². The molecule has 0 fully saturated rings. The quantitative estimate of drug-likeness (QED) is 0.462. The Morgan fingerprint density at radius 2 is 1.47 bits per heavy atom. The summed E-state index contributed by atoms with van der Waals surface area (Å²) in [7, 11) is 0. The van der Waals surface area contributed by atoms with Crippen LogP contribution in [0.5, 0.6) is 0 Å². The van der Waals surface area contributed by atoms with Crippen molar-refractivity contribution in [2.45, 2.75) is 79.6 Å². The van der Waals surface area contributed by atoms with Gasteiger partial charge in [-0.1, -0.05) is 73.1 Å². The van der Waals surface area contributed by atoms with Crippen LogP contribution in [-0.2, 0) is 0 Å². The minimum atomic E-state index is 0.924. The molecule has 0 aromatic carbocycles. The topological polar surface area (TPSA) is 0 Å². The van der Waals surface area contributed by atoms with Crippen molar-refractivity contribution >= 4 is 0 Å². The molecule has 0 heteroatoms. The second kappa shape index (κ2) is 9.24. The Bertz CT molecular complexity index is 128. The maximum absolute atomic E-state index is 2.43. The van der Waals surface area contributed by atoms with Gasteiger partial charge in [0.15, 0.2) is 0 Å². The summed E-state index contributed by atoms with van der Waals surface area (Å²) >= 11 is 0. The lowest BCUT2D eigenvalue weighted by Crippen LogP contribution is -2.11. The highest BCUT2D eigenvalue weighted by atomic mass is 14.2. The lowest BCUT2D eigenvalue weighted by Gasteiger charge is -2.23. The average Bonchev–Trinajstić information content (AvgIpc) is 2.26. The molecule has 3 unspecified atom stereocenters. The molecule has 0 spiro atoms. The predicted octanol–water partition coefficient (Wildman–Crippen LogP) is 5.67. The van der Waals surface area contributed by atoms with Gasteiger partial charge in [-0.15, -0.1) is 0 Å². The summed E-state index contributed by atoms with van der Waals surface area (Å²) in [5, 5.41) is 0. The van der Waals surface area contributed by atoms with Crippen LogP contribution in [0.1, 0.15) is 79.6 Å². The molecule has 0 radical (unpaired) electrons. The van der Waals surface area contributed by atoms with E-state index < -0.39 is 0 Å². The first-order valence-electron chi connectivity index (χ1n) is 7.15. The number of rotatable bonds is 9. The SMILES string of the molecule is CCCCC(C)CCC(CC)C(C)CC. The molecule has 0 amide bonds. The van der Waals surface area contributed by atoms with Crippen molar-refractivity contribution in [1.29, 1.82) is 0 Å². The Balaban J connectivity index is 3.69. The molecule has 0 saturated heterocycles. The van der Waals surface area contributed by atoms with Crippen LogP contribution >= 0.6 is 0 Å². The first kappa shape index (κ1) is 15.0. The van der Waals surface area contributed by atoms with Gasteiger partial charge in [-0.05, 0) is 24.2 Å². The van der Waals surface area contributed by atoms with Gasteiger partial charge < -0.3 is 0 Å². The van der Waals surface area contributed by atoms with Crippen LogP contribution in [0.3, 0.4) is 0 Å². The smallest absolute Gasteiger partial charge is 0.0391 e. The van der Waals surface area contributed by atoms with Crippen LogP contribution in [0.4, 0.5) is 0 Å². The highest BCUT2D eigenvalue weighted by molar-refractivity contribution is 4.66. The molecule has 0 aliphatic carbocycles. The van der Waals surface area contributed by atoms with Crippen molar-refractivity contribution < 1.29 is 0 Å². The minimum absolute atomic E-state index is 0.924. The van der Waals surface area contributed by atoms with Gasteiger partial charge in [0.25, 0.3) is 0 Å². The van der Waals surface area contributed by atoms with E-state index in [1.165, 1.54) is 44.9 Å². The van der Waals surface area contributed by atoms with E-state index in [0.29, 0.717) is 0 Å². The van der Waals surface area contributed by atoms with Crippen molar-refractivity contribution in [3.05, 3.63) is 0 Å². The molecule has 15 heavy (non-hydrogen) atoms. The van der Waals surface area contributed by atoms with Crippen molar-refractivity contribution in [3.63, 3.8) is 0 Å². The van der Waals surface area contributed by atoms with Gasteiger partial charge in [0, 0.05) is 0 Å². The van der Waals surface area contributed by atoms with Gasteiger partial charge >= 0.3 is 0 Å². The van der Waals surface area contributed by atoms with Crippen LogP contribution in [0.25, 0.3) is 0 Å². The zero-order valence-electron chi connectivity index (χ0n) is 11.7. The van der Waals surface area contributed by atoms with E-state index in [2.05, 4.69) is 34.6 Å². The predicted molar refractivity (Wildman–Crippen MR) is 71.2 cm³/mol. The van der Waals surface area contributed by atoms with Gasteiger partial charge in [-0.25, -0.2) is 0 Å². The lowest BCUT2D eigenvalue weighted by molar-refractivity contribution is 0.287. The van der Waals surface area contributed by atoms with Crippen LogP contribution < -0.4 is 0 Å². The number of unbranched alkanes of at least 4 members (excludes halogenated alkanes) is 1. The largest absolute Gasteiger partial charge is 0.0654 e. The monoisotopic (exact) mass is 212 g/mol. The molecular formula is C15H32. The summed E-state index contributed by atoms with van der Waals surface area (Å²) < 4.78 is 0. The molecule has 0 bridgehead atoms. The molecule has 0 aromatic rings. The van der Waals surface area contributed by atoms with Crippen LogP contribution in [0.2, 0.25) is 0 Å². The van der Waals surface area contributed by atoms with Gasteiger partial charge in [0.1, 0.15) is 0 Å². The Morgan fingerprint density at radius 1 is 0.800 bits per heavy atom. The highest BCUT2D eigenvalue weighted by Crippen LogP contribution is 2.26. The third-order valence-electron chi connectivity index (χ3n) is 4.05. The lowest BCUT2D eigenvalue weighted by atomic mass is 9.83. The molecule has 3 atom stereocenters. The van der Waals surface area contributed by atoms with E-state index in [-0.39, 0.29) is 0 Å². The molecule has 0 aromatic heterocycles. The second-order valence-corrected chi connectivity index (χ2v) is 5.38. The molecular weight excluding hydrogens is 180 g/mol. The van der Waals surface area contributed by atoms with Crippen molar-refractivity contribution in [1.82, 2.24) is 0 Å². The van der Waals surface area contributed by atoms with E-state index in [1.54, 1.807) is 0 Å². The van der Waals surface area contributed by atoms with Crippen LogP contribution in [0.15, 0.2) is 0 Å². The fourth-order valence-electron chi connectivity index (χ4n) is 2.42. The summed E-state index contributed by atoms with van der Waals surface area (Å²) in [6.07, 6.45) is 9.83. The Morgan fingerprint density at radius 3 is 1.93 bits per heavy atom. The summed E-state index contributed by atoms with van der Waals surface area (Å²) in [5.41, 5.74) is 0. The van der Waals surface area contributed by atoms with E-state index in [4.69, 9.17) is 0 Å². The van der Waals surface area contributed by atoms with E-state index >= 15 is 0 Å². The molecule has 92 valence electrons. The normalized spacial score (nSPS) is 17.4. The van der Waals surface area contributed by atoms with Crippen LogP contribution in [0, 0.1) is 17.8 Å². The summed E-state index contributed by atoms with van der Waals surface area (Å²) in [4.78, 5) is 0. The average molecular weight is 212 g/mol. The van der Waals surface area contributed by atoms with Gasteiger partial charge in [-0.2, -0.15) is 0 Å². The van der Waals surface area contributed by atoms with Gasteiger partial charge in [0.2, 0.25) is 0 Å². The van der Waals surface area contributed by atoms with Gasteiger partial charge in [0.05, 0.1) is 0 Å². The molecule has 0 saturated carbocycles. The summed E-state index contributed by atoms with van der Waals surface area (Å²) in [5.74, 6) is 2.84. The van der Waals surface area contributed by atoms with E-state index in [1.807, 2.05) is 0 Å². The van der Waals surface area contributed by atoms with Crippen molar-refractivity contribution in [3.8, 4) is 0 Å². The Kier molecular flexibility index (Phi) is 9.24. The molecule has 0 aliphatic rings. The highest BCUT2D eigenvalue weighted by Gasteiger charge is 2.14. The molecule has 0 nitrogen and oxygen atoms in total. The van der Waals surface area contributed by atoms with Crippen molar-refractivity contribution in [2.75, 3.05) is 0 Å². The molecule has 0 rings (SSSR count). The fraction of sp³-hybridized carbons (Fsp3) is 1.00. The third-order valence-corrected chi connectivity index (χ3v) is 4.05.